The number of hydrogen-bond donors (Lipinski definition) is 2. The number of benzene rings is 1. The van der Waals surface area contributed by atoms with E-state index in [0.717, 1.165) is 16.3 Å². The third-order valence-corrected chi connectivity index (χ3v) is 3.21. The number of hydrogen-bond acceptors (Lipinski definition) is 2. The Bertz CT molecular complexity index is 525. The van der Waals surface area contributed by atoms with Crippen LogP contribution in [0, 0.1) is 6.92 Å². The average molecular weight is 267 g/mol. The van der Waals surface area contributed by atoms with E-state index < -0.39 is 0 Å². The van der Waals surface area contributed by atoms with E-state index in [2.05, 4.69) is 10.6 Å². The fraction of sp³-hybridized carbons (Fsp3) is 0.0833. The van der Waals surface area contributed by atoms with Crippen LogP contribution in [-0.2, 0) is 0 Å². The standard InChI is InChI=1S/C12H11ClN2OS/c1-8-7-9(13)4-5-10(8)14-12(16)15-11-3-2-6-17-11/h2-7H,1H3,(H2,14,15,16). The van der Waals surface area contributed by atoms with Gasteiger partial charge in [-0.3, -0.25) is 5.32 Å². The number of nitrogens with one attached hydrogen (secondary N) is 2. The molecule has 2 N–H and O–H groups in total. The zero-order valence-electron chi connectivity index (χ0n) is 9.16. The molecule has 0 saturated heterocycles. The van der Waals surface area contributed by atoms with Crippen molar-refractivity contribution in [2.45, 2.75) is 6.92 Å². The number of urea groups is 1. The van der Waals surface area contributed by atoms with Crippen LogP contribution in [0.25, 0.3) is 0 Å². The van der Waals surface area contributed by atoms with E-state index in [0.29, 0.717) is 5.02 Å². The van der Waals surface area contributed by atoms with Crippen LogP contribution in [0.4, 0.5) is 15.5 Å². The highest BCUT2D eigenvalue weighted by molar-refractivity contribution is 7.14. The summed E-state index contributed by atoms with van der Waals surface area (Å²) in [7, 11) is 0. The van der Waals surface area contributed by atoms with E-state index in [-0.39, 0.29) is 6.03 Å². The van der Waals surface area contributed by atoms with Crippen molar-refractivity contribution in [1.82, 2.24) is 0 Å². The third kappa shape index (κ3) is 3.22. The predicted octanol–water partition coefficient (Wildman–Crippen LogP) is 4.35. The van der Waals surface area contributed by atoms with Crippen molar-refractivity contribution in [3.63, 3.8) is 0 Å². The first kappa shape index (κ1) is 12.0. The lowest BCUT2D eigenvalue weighted by Gasteiger charge is -2.08. The maximum Gasteiger partial charge on any atom is 0.324 e. The molecule has 0 bridgehead atoms. The Morgan fingerprint density at radius 2 is 2.12 bits per heavy atom. The smallest absolute Gasteiger partial charge is 0.307 e. The van der Waals surface area contributed by atoms with E-state index >= 15 is 0 Å². The summed E-state index contributed by atoms with van der Waals surface area (Å²) in [6.07, 6.45) is 0. The second-order valence-electron chi connectivity index (χ2n) is 3.52. The van der Waals surface area contributed by atoms with Gasteiger partial charge in [0, 0.05) is 10.7 Å². The predicted molar refractivity (Wildman–Crippen MR) is 73.1 cm³/mol. The fourth-order valence-electron chi connectivity index (χ4n) is 1.38. The summed E-state index contributed by atoms with van der Waals surface area (Å²) in [6, 6.07) is 8.81. The van der Waals surface area contributed by atoms with Gasteiger partial charge < -0.3 is 5.32 Å². The molecule has 2 rings (SSSR count). The molecule has 5 heteroatoms. The summed E-state index contributed by atoms with van der Waals surface area (Å²) in [5.41, 5.74) is 1.68. The van der Waals surface area contributed by atoms with E-state index in [1.165, 1.54) is 11.3 Å². The van der Waals surface area contributed by atoms with Crippen molar-refractivity contribution < 1.29 is 4.79 Å². The molecular weight excluding hydrogens is 256 g/mol. The Labute approximate surface area is 108 Å². The Kier molecular flexibility index (Phi) is 3.66. The molecule has 0 aliphatic heterocycles. The van der Waals surface area contributed by atoms with Crippen molar-refractivity contribution in [1.29, 1.82) is 0 Å². The van der Waals surface area contributed by atoms with E-state index in [9.17, 15) is 4.79 Å². The first-order chi connectivity index (χ1) is 8.15. The van der Waals surface area contributed by atoms with Gasteiger partial charge in [-0.05, 0) is 48.2 Å². The number of halogens is 1. The molecule has 0 saturated carbocycles. The third-order valence-electron chi connectivity index (χ3n) is 2.19. The minimum absolute atomic E-state index is 0.252. The molecule has 0 unspecified atom stereocenters. The summed E-state index contributed by atoms with van der Waals surface area (Å²) < 4.78 is 0. The molecule has 1 aromatic carbocycles. The maximum atomic E-state index is 11.7. The quantitative estimate of drug-likeness (QED) is 0.833. The van der Waals surface area contributed by atoms with E-state index in [1.54, 1.807) is 12.1 Å². The molecule has 3 nitrogen and oxygen atoms in total. The van der Waals surface area contributed by atoms with Crippen LogP contribution in [0.3, 0.4) is 0 Å². The van der Waals surface area contributed by atoms with E-state index in [1.807, 2.05) is 30.5 Å². The molecule has 17 heavy (non-hydrogen) atoms. The van der Waals surface area contributed by atoms with Crippen molar-refractivity contribution in [3.05, 3.63) is 46.3 Å². The van der Waals surface area contributed by atoms with Crippen LogP contribution < -0.4 is 10.6 Å². The molecule has 0 spiro atoms. The second-order valence-corrected chi connectivity index (χ2v) is 4.90. The van der Waals surface area contributed by atoms with Gasteiger partial charge >= 0.3 is 6.03 Å². The van der Waals surface area contributed by atoms with Crippen LogP contribution in [0.5, 0.6) is 0 Å². The second kappa shape index (κ2) is 5.21. The van der Waals surface area contributed by atoms with Gasteiger partial charge in [0.25, 0.3) is 0 Å². The van der Waals surface area contributed by atoms with Gasteiger partial charge in [-0.2, -0.15) is 0 Å². The Morgan fingerprint density at radius 3 is 2.76 bits per heavy atom. The van der Waals surface area contributed by atoms with Gasteiger partial charge in [0.05, 0.1) is 5.00 Å². The molecule has 0 atom stereocenters. The van der Waals surface area contributed by atoms with Gasteiger partial charge in [0.2, 0.25) is 0 Å². The highest BCUT2D eigenvalue weighted by Crippen LogP contribution is 2.20. The first-order valence-electron chi connectivity index (χ1n) is 5.03. The maximum absolute atomic E-state index is 11.7. The normalized spacial score (nSPS) is 10.0. The summed E-state index contributed by atoms with van der Waals surface area (Å²) in [5, 5.41) is 8.90. The van der Waals surface area contributed by atoms with Crippen LogP contribution in [0.1, 0.15) is 5.56 Å². The Hall–Kier alpha value is -1.52. The average Bonchev–Trinajstić information content (AvgIpc) is 2.75. The molecule has 2 amide bonds. The summed E-state index contributed by atoms with van der Waals surface area (Å²) in [6.45, 7) is 1.90. The summed E-state index contributed by atoms with van der Waals surface area (Å²) in [4.78, 5) is 11.7. The minimum Gasteiger partial charge on any atom is -0.307 e. The van der Waals surface area contributed by atoms with Gasteiger partial charge in [-0.15, -0.1) is 11.3 Å². The van der Waals surface area contributed by atoms with Crippen molar-refractivity contribution >= 4 is 39.7 Å². The number of carbonyl (C=O) groups excluding carboxylic acids is 1. The molecule has 2 aromatic rings. The number of rotatable bonds is 2. The summed E-state index contributed by atoms with van der Waals surface area (Å²) in [5.74, 6) is 0. The highest BCUT2D eigenvalue weighted by atomic mass is 35.5. The van der Waals surface area contributed by atoms with Crippen molar-refractivity contribution in [2.24, 2.45) is 0 Å². The zero-order valence-corrected chi connectivity index (χ0v) is 10.7. The topological polar surface area (TPSA) is 41.1 Å². The molecule has 88 valence electrons. The van der Waals surface area contributed by atoms with Crippen molar-refractivity contribution in [2.75, 3.05) is 10.6 Å². The lowest BCUT2D eigenvalue weighted by molar-refractivity contribution is 0.262. The summed E-state index contributed by atoms with van der Waals surface area (Å²) >= 11 is 7.32. The molecular formula is C12H11ClN2OS. The Morgan fingerprint density at radius 1 is 1.29 bits per heavy atom. The number of amides is 2. The van der Waals surface area contributed by atoms with Gasteiger partial charge in [0.15, 0.2) is 0 Å². The van der Waals surface area contributed by atoms with Crippen LogP contribution in [-0.4, -0.2) is 6.03 Å². The molecule has 0 aliphatic carbocycles. The molecule has 1 heterocycles. The largest absolute Gasteiger partial charge is 0.324 e. The van der Waals surface area contributed by atoms with Gasteiger partial charge in [-0.1, -0.05) is 11.6 Å². The number of aryl methyl sites for hydroxylation is 1. The van der Waals surface area contributed by atoms with Crippen LogP contribution in [0.2, 0.25) is 5.02 Å². The molecule has 0 radical (unpaired) electrons. The van der Waals surface area contributed by atoms with Gasteiger partial charge in [-0.25, -0.2) is 4.79 Å². The lowest BCUT2D eigenvalue weighted by atomic mass is 10.2. The molecule has 1 aromatic heterocycles. The number of anilines is 2. The highest BCUT2D eigenvalue weighted by Gasteiger charge is 2.05. The number of thiophene rings is 1. The fourth-order valence-corrected chi connectivity index (χ4v) is 2.22. The first-order valence-corrected chi connectivity index (χ1v) is 6.28. The lowest BCUT2D eigenvalue weighted by Crippen LogP contribution is -2.19. The minimum atomic E-state index is -0.252. The molecule has 0 fully saturated rings. The Balaban J connectivity index is 2.03. The molecule has 0 aliphatic rings. The van der Waals surface area contributed by atoms with E-state index in [4.69, 9.17) is 11.6 Å². The SMILES string of the molecule is Cc1cc(Cl)ccc1NC(=O)Nc1cccs1. The zero-order chi connectivity index (χ0) is 12.3. The van der Waals surface area contributed by atoms with Crippen molar-refractivity contribution in [3.8, 4) is 0 Å². The number of carbonyl (C=O) groups is 1. The van der Waals surface area contributed by atoms with Crippen LogP contribution >= 0.6 is 22.9 Å². The monoisotopic (exact) mass is 266 g/mol. The van der Waals surface area contributed by atoms with Gasteiger partial charge in [0.1, 0.15) is 0 Å². The van der Waals surface area contributed by atoms with Crippen LogP contribution in [0.15, 0.2) is 35.7 Å².